The van der Waals surface area contributed by atoms with Gasteiger partial charge in [0.05, 0.1) is 12.5 Å². The van der Waals surface area contributed by atoms with Crippen molar-refractivity contribution in [3.05, 3.63) is 40.8 Å². The number of benzene rings is 1. The average Bonchev–Trinajstić information content (AvgIpc) is 3.51. The summed E-state index contributed by atoms with van der Waals surface area (Å²) in [6, 6.07) is 4.30. The van der Waals surface area contributed by atoms with Gasteiger partial charge >= 0.3 is 0 Å². The second-order valence-electron chi connectivity index (χ2n) is 8.52. The third-order valence-electron chi connectivity index (χ3n) is 5.66. The zero-order chi connectivity index (χ0) is 26.2. The Kier molecular flexibility index (Phi) is 14.3. The van der Waals surface area contributed by atoms with Crippen molar-refractivity contribution in [2.45, 2.75) is 65.9 Å². The third kappa shape index (κ3) is 11.4. The summed E-state index contributed by atoms with van der Waals surface area (Å²) in [6.45, 7) is 11.4. The Balaban J connectivity index is 0.000000287. The molecule has 9 heteroatoms. The summed E-state index contributed by atoms with van der Waals surface area (Å²) < 4.78 is 17.6. The van der Waals surface area contributed by atoms with E-state index in [0.29, 0.717) is 13.0 Å². The molecule has 3 rings (SSSR count). The molecule has 196 valence electrons. The van der Waals surface area contributed by atoms with Crippen molar-refractivity contribution in [3.8, 4) is 0 Å². The second kappa shape index (κ2) is 16.6. The van der Waals surface area contributed by atoms with E-state index >= 15 is 0 Å². The number of carbonyl (C=O) groups excluding carboxylic acids is 3. The number of methoxy groups -OCH3 is 1. The van der Waals surface area contributed by atoms with Crippen molar-refractivity contribution < 1.29 is 23.5 Å². The van der Waals surface area contributed by atoms with Crippen LogP contribution in [0.5, 0.6) is 0 Å². The highest BCUT2D eigenvalue weighted by molar-refractivity contribution is 5.99. The predicted octanol–water partition coefficient (Wildman–Crippen LogP) is 3.38. The monoisotopic (exact) mass is 492 g/mol. The number of hydrogen-bond acceptors (Lipinski definition) is 5. The topological polar surface area (TPSA) is 99.8 Å². The van der Waals surface area contributed by atoms with E-state index in [2.05, 4.69) is 22.9 Å². The fraction of sp³-hybridized carbons (Fsp3) is 0.577. The first-order chi connectivity index (χ1) is 16.7. The molecule has 1 unspecified atom stereocenters. The quantitative estimate of drug-likeness (QED) is 0.363. The minimum Gasteiger partial charge on any atom is -0.388 e. The van der Waals surface area contributed by atoms with Crippen LogP contribution in [0.2, 0.25) is 0 Å². The van der Waals surface area contributed by atoms with Crippen LogP contribution in [0.25, 0.3) is 0 Å². The number of likely N-dealkylation sites (tertiary alicyclic amines) is 1. The smallest absolute Gasteiger partial charge is 0.249 e. The van der Waals surface area contributed by atoms with E-state index in [-0.39, 0.29) is 23.7 Å². The minimum absolute atomic E-state index is 0.00231. The number of allylic oxidation sites excluding steroid dienone is 1. The Morgan fingerprint density at radius 1 is 1.26 bits per heavy atom. The molecular weight excluding hydrogens is 451 g/mol. The van der Waals surface area contributed by atoms with Crippen LogP contribution >= 0.6 is 0 Å². The van der Waals surface area contributed by atoms with Gasteiger partial charge in [0.2, 0.25) is 18.2 Å². The number of rotatable bonds is 9. The molecule has 2 aliphatic rings. The van der Waals surface area contributed by atoms with E-state index in [1.54, 1.807) is 18.1 Å². The maximum Gasteiger partial charge on any atom is 0.249 e. The maximum atomic E-state index is 12.5. The lowest BCUT2D eigenvalue weighted by atomic mass is 10.1. The van der Waals surface area contributed by atoms with Gasteiger partial charge in [-0.15, -0.1) is 0 Å². The molecule has 2 heterocycles. The van der Waals surface area contributed by atoms with Crippen molar-refractivity contribution in [3.63, 3.8) is 0 Å². The van der Waals surface area contributed by atoms with Gasteiger partial charge in [0.25, 0.3) is 0 Å². The van der Waals surface area contributed by atoms with Gasteiger partial charge in [-0.2, -0.15) is 0 Å². The number of nitrogens with zero attached hydrogens (tertiary/aromatic N) is 1. The van der Waals surface area contributed by atoms with Crippen molar-refractivity contribution in [2.24, 2.45) is 0 Å². The highest BCUT2D eigenvalue weighted by atomic mass is 19.1. The number of amides is 3. The summed E-state index contributed by atoms with van der Waals surface area (Å²) in [7, 11) is 1.64. The number of fused-ring (bicyclic) bond motifs is 1. The molecule has 0 radical (unpaired) electrons. The Labute approximate surface area is 208 Å². The third-order valence-corrected chi connectivity index (χ3v) is 5.66. The fourth-order valence-electron chi connectivity index (χ4n) is 3.49. The Hall–Kier alpha value is -2.94. The summed E-state index contributed by atoms with van der Waals surface area (Å²) in [4.78, 5) is 34.5. The van der Waals surface area contributed by atoms with Gasteiger partial charge in [-0.3, -0.25) is 14.4 Å². The first-order valence-electron chi connectivity index (χ1n) is 12.3. The molecule has 1 fully saturated rings. The number of anilines is 1. The largest absolute Gasteiger partial charge is 0.388 e. The van der Waals surface area contributed by atoms with Crippen molar-refractivity contribution in [1.29, 1.82) is 0 Å². The highest BCUT2D eigenvalue weighted by Gasteiger charge is 2.17. The van der Waals surface area contributed by atoms with E-state index in [1.807, 2.05) is 20.8 Å². The Morgan fingerprint density at radius 3 is 2.49 bits per heavy atom. The van der Waals surface area contributed by atoms with Gasteiger partial charge in [-0.1, -0.05) is 13.8 Å². The van der Waals surface area contributed by atoms with Crippen molar-refractivity contribution >= 4 is 23.9 Å². The SMILES string of the molecule is CCCN/C(C)=C(\CC)C(=O)NCC(C)OC.O=C1Cc2cc(F)ccc2N1.O=CN1CCCC1. The molecule has 3 N–H and O–H groups in total. The van der Waals surface area contributed by atoms with E-state index in [9.17, 15) is 18.8 Å². The molecule has 1 aromatic rings. The van der Waals surface area contributed by atoms with E-state index in [0.717, 1.165) is 61.4 Å². The molecule has 1 aromatic carbocycles. The molecular formula is C26H41FN4O4. The molecule has 35 heavy (non-hydrogen) atoms. The summed E-state index contributed by atoms with van der Waals surface area (Å²) in [5, 5.41) is 8.75. The zero-order valence-corrected chi connectivity index (χ0v) is 21.7. The van der Waals surface area contributed by atoms with Crippen LogP contribution in [0.1, 0.15) is 58.9 Å². The normalized spacial score (nSPS) is 15.4. The zero-order valence-electron chi connectivity index (χ0n) is 21.7. The van der Waals surface area contributed by atoms with Gasteiger partial charge < -0.3 is 25.6 Å². The number of halogens is 1. The molecule has 2 aliphatic heterocycles. The van der Waals surface area contributed by atoms with Gasteiger partial charge in [0.1, 0.15) is 5.82 Å². The molecule has 0 aliphatic carbocycles. The van der Waals surface area contributed by atoms with Crippen LogP contribution in [0, 0.1) is 5.82 Å². The lowest BCUT2D eigenvalue weighted by molar-refractivity contribution is -0.118. The number of nitrogens with one attached hydrogen (secondary N) is 3. The van der Waals surface area contributed by atoms with Gasteiger partial charge in [-0.05, 0) is 63.3 Å². The number of hydrogen-bond donors (Lipinski definition) is 3. The van der Waals surface area contributed by atoms with E-state index < -0.39 is 0 Å². The van der Waals surface area contributed by atoms with Crippen LogP contribution in [0.15, 0.2) is 29.5 Å². The summed E-state index contributed by atoms with van der Waals surface area (Å²) >= 11 is 0. The van der Waals surface area contributed by atoms with Crippen LogP contribution in [0.4, 0.5) is 10.1 Å². The standard InChI is InChI=1S/C13H26N2O2.C8H6FNO.C5H9NO/c1-6-8-14-11(4)12(7-2)13(16)15-9-10(3)17-5;9-6-1-2-7-5(3-6)4-8(11)10-7;7-5-6-3-1-2-4-6/h10,14H,6-9H2,1-5H3,(H,15,16);1-3H,4H2,(H,10,11);5H,1-4H2/b12-11+;;. The molecule has 0 aromatic heterocycles. The minimum atomic E-state index is -0.291. The lowest BCUT2D eigenvalue weighted by Crippen LogP contribution is -2.33. The Bertz CT molecular complexity index is 854. The maximum absolute atomic E-state index is 12.5. The molecule has 3 amide bonds. The van der Waals surface area contributed by atoms with Crippen LogP contribution in [-0.4, -0.2) is 62.5 Å². The average molecular weight is 493 g/mol. The summed E-state index contributed by atoms with van der Waals surface area (Å²) in [5.41, 5.74) is 3.27. The van der Waals surface area contributed by atoms with Gasteiger partial charge in [0.15, 0.2) is 0 Å². The molecule has 8 nitrogen and oxygen atoms in total. The molecule has 0 spiro atoms. The van der Waals surface area contributed by atoms with Crippen LogP contribution in [-0.2, 0) is 25.5 Å². The second-order valence-corrected chi connectivity index (χ2v) is 8.52. The number of ether oxygens (including phenoxy) is 1. The summed E-state index contributed by atoms with van der Waals surface area (Å²) in [5.74, 6) is -0.358. The Morgan fingerprint density at radius 2 is 1.94 bits per heavy atom. The van der Waals surface area contributed by atoms with Crippen molar-refractivity contribution in [1.82, 2.24) is 15.5 Å². The summed E-state index contributed by atoms with van der Waals surface area (Å²) in [6.07, 6.45) is 5.44. The highest BCUT2D eigenvalue weighted by Crippen LogP contribution is 2.22. The number of carbonyl (C=O) groups is 3. The fourth-order valence-corrected chi connectivity index (χ4v) is 3.49. The molecule has 0 saturated carbocycles. The van der Waals surface area contributed by atoms with Gasteiger partial charge in [0, 0.05) is 50.2 Å². The van der Waals surface area contributed by atoms with Crippen molar-refractivity contribution in [2.75, 3.05) is 38.6 Å². The van der Waals surface area contributed by atoms with E-state index in [1.165, 1.54) is 25.0 Å². The molecule has 1 saturated heterocycles. The van der Waals surface area contributed by atoms with Crippen LogP contribution in [0.3, 0.4) is 0 Å². The lowest BCUT2D eigenvalue weighted by Gasteiger charge is -2.14. The first kappa shape index (κ1) is 30.1. The molecule has 0 bridgehead atoms. The van der Waals surface area contributed by atoms with Crippen LogP contribution < -0.4 is 16.0 Å². The molecule has 1 atom stereocenters. The van der Waals surface area contributed by atoms with E-state index in [4.69, 9.17) is 4.74 Å². The first-order valence-corrected chi connectivity index (χ1v) is 12.3. The van der Waals surface area contributed by atoms with Gasteiger partial charge in [-0.25, -0.2) is 4.39 Å². The predicted molar refractivity (Wildman–Crippen MR) is 136 cm³/mol.